The number of nitrogens with zero attached hydrogens (tertiary/aromatic N) is 2. The molecule has 0 radical (unpaired) electrons. The summed E-state index contributed by atoms with van der Waals surface area (Å²) in [6.45, 7) is -1.56. The molecule has 100 valence electrons. The number of hydroxylamine groups is 1. The Morgan fingerprint density at radius 2 is 2.00 bits per heavy atom. The number of halogens is 3. The van der Waals surface area contributed by atoms with E-state index < -0.39 is 18.7 Å². The summed E-state index contributed by atoms with van der Waals surface area (Å²) < 4.78 is 35.6. The summed E-state index contributed by atoms with van der Waals surface area (Å²) in [6.07, 6.45) is -1.67. The molecule has 1 aromatic carbocycles. The highest BCUT2D eigenvalue weighted by Crippen LogP contribution is 2.15. The molecule has 0 aliphatic carbocycles. The van der Waals surface area contributed by atoms with E-state index in [-0.39, 0.29) is 11.1 Å². The minimum absolute atomic E-state index is 0.0905. The van der Waals surface area contributed by atoms with Crippen LogP contribution in [0.1, 0.15) is 10.4 Å². The third-order valence-electron chi connectivity index (χ3n) is 2.14. The highest BCUT2D eigenvalue weighted by molar-refractivity contribution is 6.04. The van der Waals surface area contributed by atoms with Crippen LogP contribution in [0, 0.1) is 0 Å². The molecule has 2 aromatic rings. The summed E-state index contributed by atoms with van der Waals surface area (Å²) in [7, 11) is 0. The summed E-state index contributed by atoms with van der Waals surface area (Å²) in [5.41, 5.74) is 2.57. The van der Waals surface area contributed by atoms with Gasteiger partial charge in [0.25, 0.3) is 5.91 Å². The van der Waals surface area contributed by atoms with Crippen LogP contribution in [-0.2, 0) is 4.84 Å². The first-order valence-electron chi connectivity index (χ1n) is 5.16. The summed E-state index contributed by atoms with van der Waals surface area (Å²) in [5, 5.41) is 0. The molecule has 0 atom stereocenters. The summed E-state index contributed by atoms with van der Waals surface area (Å²) in [4.78, 5) is 23.7. The molecule has 0 aliphatic heterocycles. The van der Waals surface area contributed by atoms with Crippen LogP contribution < -0.4 is 5.48 Å². The number of benzene rings is 1. The lowest BCUT2D eigenvalue weighted by molar-refractivity contribution is -0.184. The molecule has 0 saturated heterocycles. The first-order chi connectivity index (χ1) is 8.97. The van der Waals surface area contributed by atoms with Crippen LogP contribution in [0.2, 0.25) is 0 Å². The van der Waals surface area contributed by atoms with E-state index in [0.29, 0.717) is 5.52 Å². The van der Waals surface area contributed by atoms with Crippen LogP contribution >= 0.6 is 0 Å². The van der Waals surface area contributed by atoms with Crippen LogP contribution in [0.4, 0.5) is 13.2 Å². The number of hydrogen-bond acceptors (Lipinski definition) is 4. The summed E-state index contributed by atoms with van der Waals surface area (Å²) in [5.74, 6) is -0.810. The number of hydrogen-bond donors (Lipinski definition) is 1. The maximum absolute atomic E-state index is 11.9. The van der Waals surface area contributed by atoms with E-state index in [9.17, 15) is 18.0 Å². The quantitative estimate of drug-likeness (QED) is 0.865. The average molecular weight is 271 g/mol. The topological polar surface area (TPSA) is 64.1 Å². The van der Waals surface area contributed by atoms with Crippen LogP contribution in [0.25, 0.3) is 11.0 Å². The fourth-order valence-electron chi connectivity index (χ4n) is 1.41. The molecule has 19 heavy (non-hydrogen) atoms. The van der Waals surface area contributed by atoms with Gasteiger partial charge in [-0.25, -0.2) is 5.48 Å². The fourth-order valence-corrected chi connectivity index (χ4v) is 1.41. The van der Waals surface area contributed by atoms with Crippen LogP contribution in [-0.4, -0.2) is 28.7 Å². The fraction of sp³-hybridized carbons (Fsp3) is 0.182. The Hall–Kier alpha value is -2.22. The van der Waals surface area contributed by atoms with Crippen molar-refractivity contribution in [2.45, 2.75) is 6.18 Å². The summed E-state index contributed by atoms with van der Waals surface area (Å²) in [6, 6.07) is 4.61. The zero-order chi connectivity index (χ0) is 13.9. The van der Waals surface area contributed by atoms with Crippen molar-refractivity contribution in [1.29, 1.82) is 0 Å². The van der Waals surface area contributed by atoms with Gasteiger partial charge in [0.05, 0.1) is 11.1 Å². The molecule has 1 N–H and O–H groups in total. The molecule has 1 amide bonds. The normalized spacial score (nSPS) is 11.5. The zero-order valence-corrected chi connectivity index (χ0v) is 9.44. The highest BCUT2D eigenvalue weighted by atomic mass is 19.4. The van der Waals surface area contributed by atoms with E-state index in [1.54, 1.807) is 17.6 Å². The van der Waals surface area contributed by atoms with Gasteiger partial charge < -0.3 is 0 Å². The standard InChI is InChI=1S/C11H8F3N3O2/c12-11(13,14)6-19-17-10(18)7-2-1-3-8-9(7)16-5-4-15-8/h1-5H,6H2,(H,17,18). The zero-order valence-electron chi connectivity index (χ0n) is 9.44. The lowest BCUT2D eigenvalue weighted by Crippen LogP contribution is -2.29. The SMILES string of the molecule is O=C(NOCC(F)(F)F)c1cccc2nccnc12. The number of fused-ring (bicyclic) bond motifs is 1. The molecule has 0 unspecified atom stereocenters. The Bertz CT molecular complexity index is 596. The first-order valence-corrected chi connectivity index (χ1v) is 5.16. The van der Waals surface area contributed by atoms with Crippen molar-refractivity contribution >= 4 is 16.9 Å². The lowest BCUT2D eigenvalue weighted by Gasteiger charge is -2.09. The molecule has 5 nitrogen and oxygen atoms in total. The van der Waals surface area contributed by atoms with Gasteiger partial charge in [-0.05, 0) is 12.1 Å². The number of carbonyl (C=O) groups excluding carboxylic acids is 1. The van der Waals surface area contributed by atoms with E-state index in [0.717, 1.165) is 0 Å². The maximum atomic E-state index is 11.9. The van der Waals surface area contributed by atoms with E-state index in [1.807, 2.05) is 0 Å². The monoisotopic (exact) mass is 271 g/mol. The predicted molar refractivity (Wildman–Crippen MR) is 59.0 cm³/mol. The van der Waals surface area contributed by atoms with Crippen molar-refractivity contribution in [2.24, 2.45) is 0 Å². The molecule has 0 fully saturated rings. The van der Waals surface area contributed by atoms with Crippen LogP contribution in [0.5, 0.6) is 0 Å². The Labute approximate surface area is 105 Å². The van der Waals surface area contributed by atoms with Gasteiger partial charge in [0.2, 0.25) is 0 Å². The number of carbonyl (C=O) groups is 1. The minimum Gasteiger partial charge on any atom is -0.267 e. The van der Waals surface area contributed by atoms with Gasteiger partial charge in [0.1, 0.15) is 5.52 Å². The molecule has 1 aromatic heterocycles. The van der Waals surface area contributed by atoms with Crippen molar-refractivity contribution in [3.63, 3.8) is 0 Å². The third kappa shape index (κ3) is 3.38. The summed E-state index contributed by atoms with van der Waals surface area (Å²) >= 11 is 0. The Balaban J connectivity index is 2.14. The van der Waals surface area contributed by atoms with Gasteiger partial charge in [-0.2, -0.15) is 13.2 Å². The van der Waals surface area contributed by atoms with Crippen LogP contribution in [0.3, 0.4) is 0 Å². The smallest absolute Gasteiger partial charge is 0.267 e. The Kier molecular flexibility index (Phi) is 3.61. The number of alkyl halides is 3. The molecular formula is C11H8F3N3O2. The maximum Gasteiger partial charge on any atom is 0.414 e. The van der Waals surface area contributed by atoms with Gasteiger partial charge in [-0.3, -0.25) is 19.6 Å². The molecule has 0 saturated carbocycles. The van der Waals surface area contributed by atoms with Crippen molar-refractivity contribution in [2.75, 3.05) is 6.61 Å². The van der Waals surface area contributed by atoms with Crippen molar-refractivity contribution in [3.8, 4) is 0 Å². The molecular weight excluding hydrogens is 263 g/mol. The first kappa shape index (κ1) is 13.2. The number of rotatable bonds is 3. The number of amides is 1. The Morgan fingerprint density at radius 3 is 2.74 bits per heavy atom. The number of nitrogens with one attached hydrogen (secondary N) is 1. The van der Waals surface area contributed by atoms with Crippen LogP contribution in [0.15, 0.2) is 30.6 Å². The molecule has 0 spiro atoms. The third-order valence-corrected chi connectivity index (χ3v) is 2.14. The predicted octanol–water partition coefficient (Wildman–Crippen LogP) is 1.85. The molecule has 2 rings (SSSR count). The van der Waals surface area contributed by atoms with Crippen molar-refractivity contribution < 1.29 is 22.8 Å². The molecule has 8 heteroatoms. The second-order valence-corrected chi connectivity index (χ2v) is 3.56. The van der Waals surface area contributed by atoms with Gasteiger partial charge in [0.15, 0.2) is 6.61 Å². The highest BCUT2D eigenvalue weighted by Gasteiger charge is 2.28. The van der Waals surface area contributed by atoms with E-state index in [2.05, 4.69) is 14.8 Å². The average Bonchev–Trinajstić information content (AvgIpc) is 2.36. The Morgan fingerprint density at radius 1 is 1.26 bits per heavy atom. The van der Waals surface area contributed by atoms with E-state index in [1.165, 1.54) is 18.5 Å². The van der Waals surface area contributed by atoms with Gasteiger partial charge >= 0.3 is 6.18 Å². The van der Waals surface area contributed by atoms with Crippen molar-refractivity contribution in [1.82, 2.24) is 15.4 Å². The van der Waals surface area contributed by atoms with Gasteiger partial charge in [0, 0.05) is 12.4 Å². The van der Waals surface area contributed by atoms with Gasteiger partial charge in [-0.1, -0.05) is 6.07 Å². The largest absolute Gasteiger partial charge is 0.414 e. The van der Waals surface area contributed by atoms with E-state index in [4.69, 9.17) is 0 Å². The molecule has 1 heterocycles. The molecule has 0 aliphatic rings. The molecule has 0 bridgehead atoms. The second kappa shape index (κ2) is 5.19. The number of aromatic nitrogens is 2. The lowest BCUT2D eigenvalue weighted by atomic mass is 10.1. The minimum atomic E-state index is -4.51. The number of para-hydroxylation sites is 1. The van der Waals surface area contributed by atoms with Gasteiger partial charge in [-0.15, -0.1) is 0 Å². The van der Waals surface area contributed by atoms with Crippen molar-refractivity contribution in [3.05, 3.63) is 36.2 Å². The second-order valence-electron chi connectivity index (χ2n) is 3.56. The van der Waals surface area contributed by atoms with E-state index >= 15 is 0 Å².